The molecule has 0 saturated carbocycles. The quantitative estimate of drug-likeness (QED) is 0.424. The molecule has 1 fully saturated rings. The second kappa shape index (κ2) is 9.14. The van der Waals surface area contributed by atoms with E-state index in [1.165, 1.54) is 6.33 Å². The molecule has 1 amide bonds. The number of H-pyrrole nitrogens is 1. The largest absolute Gasteiger partial charge is 0.493 e. The SMILES string of the molecule is COc1cc(-c2n[nH]c(-c3ccc([C@H](C)N(C)C(=O)C4CCN4)cc3)c2C(C)C)cn2ncnc12. The van der Waals surface area contributed by atoms with Crippen LogP contribution in [-0.4, -0.2) is 62.3 Å². The average molecular weight is 474 g/mol. The molecule has 35 heavy (non-hydrogen) atoms. The van der Waals surface area contributed by atoms with Gasteiger partial charge in [-0.2, -0.15) is 10.2 Å². The topological polar surface area (TPSA) is 100 Å². The van der Waals surface area contributed by atoms with Crippen molar-refractivity contribution >= 4 is 11.6 Å². The summed E-state index contributed by atoms with van der Waals surface area (Å²) >= 11 is 0. The number of aromatic amines is 1. The lowest BCUT2D eigenvalue weighted by Crippen LogP contribution is -2.53. The van der Waals surface area contributed by atoms with E-state index >= 15 is 0 Å². The molecule has 2 N–H and O–H groups in total. The van der Waals surface area contributed by atoms with Gasteiger partial charge in [-0.3, -0.25) is 9.89 Å². The maximum absolute atomic E-state index is 12.6. The summed E-state index contributed by atoms with van der Waals surface area (Å²) in [6.07, 6.45) is 4.34. The van der Waals surface area contributed by atoms with Gasteiger partial charge in [-0.1, -0.05) is 38.1 Å². The van der Waals surface area contributed by atoms with E-state index in [4.69, 9.17) is 9.84 Å². The molecule has 0 aliphatic carbocycles. The van der Waals surface area contributed by atoms with Gasteiger partial charge < -0.3 is 15.0 Å². The van der Waals surface area contributed by atoms with Crippen molar-refractivity contribution in [1.29, 1.82) is 0 Å². The number of ether oxygens (including phenoxy) is 1. The van der Waals surface area contributed by atoms with E-state index in [0.29, 0.717) is 11.4 Å². The number of hydrogen-bond donors (Lipinski definition) is 2. The monoisotopic (exact) mass is 473 g/mol. The molecule has 2 atom stereocenters. The van der Waals surface area contributed by atoms with Crippen LogP contribution in [0.5, 0.6) is 5.75 Å². The molecule has 1 aromatic carbocycles. The molecule has 1 aliphatic heterocycles. The normalized spacial score (nSPS) is 16.3. The van der Waals surface area contributed by atoms with Gasteiger partial charge in [-0.15, -0.1) is 0 Å². The maximum Gasteiger partial charge on any atom is 0.240 e. The van der Waals surface area contributed by atoms with Crippen LogP contribution in [0.2, 0.25) is 0 Å². The Morgan fingerprint density at radius 2 is 1.94 bits per heavy atom. The van der Waals surface area contributed by atoms with Crippen molar-refractivity contribution in [3.05, 3.63) is 54.0 Å². The smallest absolute Gasteiger partial charge is 0.240 e. The minimum absolute atomic E-state index is 0.0114. The third kappa shape index (κ3) is 4.05. The van der Waals surface area contributed by atoms with Gasteiger partial charge in [0.15, 0.2) is 11.4 Å². The average Bonchev–Trinajstić information content (AvgIpc) is 3.48. The number of benzene rings is 1. The number of methoxy groups -OCH3 is 1. The van der Waals surface area contributed by atoms with Gasteiger partial charge in [-0.25, -0.2) is 9.50 Å². The van der Waals surface area contributed by atoms with Gasteiger partial charge in [-0.05, 0) is 43.0 Å². The lowest BCUT2D eigenvalue weighted by Gasteiger charge is -2.34. The predicted molar refractivity (Wildman–Crippen MR) is 134 cm³/mol. The summed E-state index contributed by atoms with van der Waals surface area (Å²) < 4.78 is 7.25. The van der Waals surface area contributed by atoms with Crippen LogP contribution < -0.4 is 10.1 Å². The summed E-state index contributed by atoms with van der Waals surface area (Å²) in [5, 5.41) is 15.4. The van der Waals surface area contributed by atoms with Crippen molar-refractivity contribution < 1.29 is 9.53 Å². The minimum Gasteiger partial charge on any atom is -0.493 e. The lowest BCUT2D eigenvalue weighted by atomic mass is 9.93. The number of hydrogen-bond acceptors (Lipinski definition) is 6. The summed E-state index contributed by atoms with van der Waals surface area (Å²) in [6, 6.07) is 10.3. The Morgan fingerprint density at radius 3 is 2.57 bits per heavy atom. The van der Waals surface area contributed by atoms with Gasteiger partial charge in [0.25, 0.3) is 0 Å². The standard InChI is InChI=1S/C26H31N7O2/c1-15(2)22-23(30-31-24(22)19-12-21(35-5)25-28-14-29-33(25)13-19)18-8-6-17(7-9-18)16(3)32(4)26(34)20-10-11-27-20/h6-9,12-16,20,27H,10-11H2,1-5H3,(H,30,31)/t16-,20?/m0/s1. The number of nitrogens with one attached hydrogen (secondary N) is 2. The number of aromatic nitrogens is 5. The van der Waals surface area contributed by atoms with Gasteiger partial charge in [0.1, 0.15) is 6.33 Å². The van der Waals surface area contributed by atoms with E-state index < -0.39 is 0 Å². The van der Waals surface area contributed by atoms with Crippen LogP contribution in [0.1, 0.15) is 50.3 Å². The molecule has 1 unspecified atom stereocenters. The molecule has 0 spiro atoms. The molecule has 3 aromatic heterocycles. The Balaban J connectivity index is 1.46. The molecule has 1 aliphatic rings. The lowest BCUT2D eigenvalue weighted by molar-refractivity contribution is -0.135. The number of nitrogens with zero attached hydrogens (tertiary/aromatic N) is 5. The van der Waals surface area contributed by atoms with Crippen LogP contribution in [0.3, 0.4) is 0 Å². The molecule has 0 radical (unpaired) electrons. The van der Waals surface area contributed by atoms with Crippen molar-refractivity contribution in [2.24, 2.45) is 0 Å². The van der Waals surface area contributed by atoms with Gasteiger partial charge >= 0.3 is 0 Å². The first kappa shape index (κ1) is 23.0. The summed E-state index contributed by atoms with van der Waals surface area (Å²) in [5.74, 6) is 1.02. The van der Waals surface area contributed by atoms with Gasteiger partial charge in [0, 0.05) is 24.4 Å². The zero-order chi connectivity index (χ0) is 24.7. The summed E-state index contributed by atoms with van der Waals surface area (Å²) in [7, 11) is 3.50. The van der Waals surface area contributed by atoms with Crippen LogP contribution in [0.4, 0.5) is 0 Å². The van der Waals surface area contributed by atoms with Gasteiger partial charge in [0.2, 0.25) is 5.91 Å². The van der Waals surface area contributed by atoms with E-state index in [0.717, 1.165) is 46.6 Å². The highest BCUT2D eigenvalue weighted by atomic mass is 16.5. The molecular formula is C26H31N7O2. The summed E-state index contributed by atoms with van der Waals surface area (Å²) in [4.78, 5) is 18.7. The minimum atomic E-state index is -0.0471. The zero-order valence-corrected chi connectivity index (χ0v) is 20.7. The molecular weight excluding hydrogens is 442 g/mol. The van der Waals surface area contributed by atoms with Crippen LogP contribution in [0.15, 0.2) is 42.9 Å². The van der Waals surface area contributed by atoms with Gasteiger partial charge in [0.05, 0.1) is 30.6 Å². The molecule has 9 heteroatoms. The van der Waals surface area contributed by atoms with Crippen LogP contribution in [-0.2, 0) is 4.79 Å². The van der Waals surface area contributed by atoms with Crippen molar-refractivity contribution in [3.8, 4) is 28.3 Å². The van der Waals surface area contributed by atoms with E-state index in [1.54, 1.807) is 11.6 Å². The summed E-state index contributed by atoms with van der Waals surface area (Å²) in [5.41, 5.74) is 6.68. The number of rotatable bonds is 7. The highest BCUT2D eigenvalue weighted by Gasteiger charge is 2.29. The van der Waals surface area contributed by atoms with Crippen molar-refractivity contribution in [2.45, 2.75) is 45.2 Å². The highest BCUT2D eigenvalue weighted by molar-refractivity contribution is 5.83. The maximum atomic E-state index is 12.6. The fourth-order valence-electron chi connectivity index (χ4n) is 4.62. The number of carbonyl (C=O) groups is 1. The molecule has 4 aromatic rings. The van der Waals surface area contributed by atoms with E-state index in [2.05, 4.69) is 65.5 Å². The first-order valence-corrected chi connectivity index (χ1v) is 12.0. The van der Waals surface area contributed by atoms with Crippen LogP contribution >= 0.6 is 0 Å². The number of likely N-dealkylation sites (N-methyl/N-ethyl adjacent to an activating group) is 1. The van der Waals surface area contributed by atoms with Crippen molar-refractivity contribution in [1.82, 2.24) is 35.0 Å². The molecule has 9 nitrogen and oxygen atoms in total. The van der Waals surface area contributed by atoms with Crippen LogP contribution in [0.25, 0.3) is 28.2 Å². The van der Waals surface area contributed by atoms with Crippen LogP contribution in [0, 0.1) is 0 Å². The second-order valence-electron chi connectivity index (χ2n) is 9.38. The van der Waals surface area contributed by atoms with Crippen molar-refractivity contribution in [3.63, 3.8) is 0 Å². The Morgan fingerprint density at radius 1 is 1.20 bits per heavy atom. The molecule has 0 bridgehead atoms. The predicted octanol–water partition coefficient (Wildman–Crippen LogP) is 3.80. The van der Waals surface area contributed by atoms with E-state index in [1.807, 2.05) is 24.2 Å². The number of carbonyl (C=O) groups excluding carboxylic acids is 1. The first-order chi connectivity index (χ1) is 16.9. The third-order valence-corrected chi connectivity index (χ3v) is 6.95. The fraction of sp³-hybridized carbons (Fsp3) is 0.385. The number of amides is 1. The van der Waals surface area contributed by atoms with E-state index in [9.17, 15) is 4.79 Å². The molecule has 182 valence electrons. The first-order valence-electron chi connectivity index (χ1n) is 12.0. The van der Waals surface area contributed by atoms with Crippen molar-refractivity contribution in [2.75, 3.05) is 20.7 Å². The zero-order valence-electron chi connectivity index (χ0n) is 20.7. The molecule has 5 rings (SSSR count). The molecule has 4 heterocycles. The third-order valence-electron chi connectivity index (χ3n) is 6.95. The number of fused-ring (bicyclic) bond motifs is 1. The Hall–Kier alpha value is -3.72. The summed E-state index contributed by atoms with van der Waals surface area (Å²) in [6.45, 7) is 7.30. The van der Waals surface area contributed by atoms with E-state index in [-0.39, 0.29) is 23.9 Å². The fourth-order valence-corrected chi connectivity index (χ4v) is 4.62. The second-order valence-corrected chi connectivity index (χ2v) is 9.38. The Labute approximate surface area is 204 Å². The Kier molecular flexibility index (Phi) is 6.02. The highest BCUT2D eigenvalue weighted by Crippen LogP contribution is 2.37. The molecule has 1 saturated heterocycles. The number of pyridine rings is 1. The Bertz CT molecular complexity index is 1350.